The number of nitrogens with zero attached hydrogens (tertiary/aromatic N) is 2. The third-order valence-corrected chi connectivity index (χ3v) is 4.34. The molecule has 1 N–H and O–H groups in total. The topological polar surface area (TPSA) is 36.4 Å². The van der Waals surface area contributed by atoms with Gasteiger partial charge in [0.25, 0.3) is 0 Å². The summed E-state index contributed by atoms with van der Waals surface area (Å²) in [6.45, 7) is 3.42. The maximum atomic E-state index is 13.8. The van der Waals surface area contributed by atoms with Gasteiger partial charge in [0.15, 0.2) is 0 Å². The number of halogens is 1. The Morgan fingerprint density at radius 1 is 1.43 bits per heavy atom. The highest BCUT2D eigenvalue weighted by molar-refractivity contribution is 5.81. The third-order valence-electron chi connectivity index (χ3n) is 4.34. The second-order valence-electron chi connectivity index (χ2n) is 5.91. The first kappa shape index (κ1) is 14.4. The first-order valence-corrected chi connectivity index (χ1v) is 7.60. The van der Waals surface area contributed by atoms with Gasteiger partial charge in [-0.2, -0.15) is 0 Å². The van der Waals surface area contributed by atoms with Crippen molar-refractivity contribution in [2.45, 2.75) is 44.9 Å². The normalized spacial score (nSPS) is 21.6. The van der Waals surface area contributed by atoms with Crippen molar-refractivity contribution < 1.29 is 9.50 Å². The molecule has 1 aromatic heterocycles. The number of aromatic nitrogens is 1. The number of hydrogen-bond donors (Lipinski definition) is 1. The molecule has 1 aliphatic heterocycles. The number of benzene rings is 1. The Labute approximate surface area is 124 Å². The highest BCUT2D eigenvalue weighted by atomic mass is 19.1. The highest BCUT2D eigenvalue weighted by Crippen LogP contribution is 2.25. The van der Waals surface area contributed by atoms with Crippen LogP contribution in [0.2, 0.25) is 0 Å². The zero-order valence-electron chi connectivity index (χ0n) is 12.3. The smallest absolute Gasteiger partial charge is 0.124 e. The first-order chi connectivity index (χ1) is 10.1. The van der Waals surface area contributed by atoms with Gasteiger partial charge in [0.1, 0.15) is 5.82 Å². The minimum atomic E-state index is -0.363. The second-order valence-corrected chi connectivity index (χ2v) is 5.91. The van der Waals surface area contributed by atoms with Crippen LogP contribution in [-0.4, -0.2) is 33.7 Å². The minimum absolute atomic E-state index is 0.153. The number of pyridine rings is 1. The van der Waals surface area contributed by atoms with Gasteiger partial charge < -0.3 is 5.11 Å². The summed E-state index contributed by atoms with van der Waals surface area (Å²) in [5.41, 5.74) is 1.76. The number of likely N-dealkylation sites (tertiary alicyclic amines) is 1. The molecule has 0 radical (unpaired) electrons. The Morgan fingerprint density at radius 2 is 2.29 bits per heavy atom. The van der Waals surface area contributed by atoms with Gasteiger partial charge in [0.2, 0.25) is 0 Å². The Morgan fingerprint density at radius 3 is 3.10 bits per heavy atom. The fourth-order valence-corrected chi connectivity index (χ4v) is 3.33. The molecule has 4 heteroatoms. The summed E-state index contributed by atoms with van der Waals surface area (Å²) >= 11 is 0. The summed E-state index contributed by atoms with van der Waals surface area (Å²) < 4.78 is 13.8. The van der Waals surface area contributed by atoms with Crippen LogP contribution in [0.3, 0.4) is 0 Å². The standard InChI is InChI=1S/C17H21FN2O/c1-12(21)16-6-2-3-8-20(16)11-14-10-15(18)9-13-5-4-7-19-17(13)14/h4-5,7,9-10,12,16,21H,2-3,6,8,11H2,1H3/t12-,16+/m1/s1. The van der Waals surface area contributed by atoms with Crippen LogP contribution in [0.1, 0.15) is 31.7 Å². The molecule has 21 heavy (non-hydrogen) atoms. The fourth-order valence-electron chi connectivity index (χ4n) is 3.33. The summed E-state index contributed by atoms with van der Waals surface area (Å²) in [6.07, 6.45) is 4.65. The van der Waals surface area contributed by atoms with Gasteiger partial charge in [0.05, 0.1) is 11.6 Å². The molecule has 2 heterocycles. The molecule has 0 aliphatic carbocycles. The highest BCUT2D eigenvalue weighted by Gasteiger charge is 2.26. The lowest BCUT2D eigenvalue weighted by atomic mass is 9.97. The van der Waals surface area contributed by atoms with Crippen LogP contribution in [-0.2, 0) is 6.54 Å². The van der Waals surface area contributed by atoms with E-state index in [1.807, 2.05) is 19.1 Å². The average Bonchev–Trinajstić information content (AvgIpc) is 2.47. The van der Waals surface area contributed by atoms with E-state index in [0.29, 0.717) is 6.54 Å². The van der Waals surface area contributed by atoms with Gasteiger partial charge in [-0.05, 0) is 50.1 Å². The van der Waals surface area contributed by atoms with Crippen LogP contribution in [0.15, 0.2) is 30.5 Å². The Hall–Kier alpha value is -1.52. The third kappa shape index (κ3) is 3.06. The summed E-state index contributed by atoms with van der Waals surface area (Å²) in [7, 11) is 0. The van der Waals surface area contributed by atoms with Crippen LogP contribution in [0.5, 0.6) is 0 Å². The van der Waals surface area contributed by atoms with E-state index in [1.165, 1.54) is 6.07 Å². The molecule has 112 valence electrons. The van der Waals surface area contributed by atoms with E-state index < -0.39 is 0 Å². The molecule has 1 aliphatic rings. The van der Waals surface area contributed by atoms with E-state index in [4.69, 9.17) is 0 Å². The molecular formula is C17H21FN2O. The lowest BCUT2D eigenvalue weighted by Crippen LogP contribution is -2.45. The molecule has 2 aromatic rings. The molecule has 0 saturated carbocycles. The van der Waals surface area contributed by atoms with Crippen molar-refractivity contribution in [3.63, 3.8) is 0 Å². The van der Waals surface area contributed by atoms with Gasteiger partial charge in [0, 0.05) is 24.2 Å². The number of aliphatic hydroxyl groups excluding tert-OH is 1. The van der Waals surface area contributed by atoms with Crippen molar-refractivity contribution in [2.24, 2.45) is 0 Å². The predicted octanol–water partition coefficient (Wildman–Crippen LogP) is 3.11. The monoisotopic (exact) mass is 288 g/mol. The SMILES string of the molecule is C[C@@H](O)[C@@H]1CCCCN1Cc1cc(F)cc2cccnc12. The van der Waals surface area contributed by atoms with E-state index in [2.05, 4.69) is 9.88 Å². The van der Waals surface area contributed by atoms with Gasteiger partial charge in [-0.1, -0.05) is 12.5 Å². The molecule has 1 saturated heterocycles. The van der Waals surface area contributed by atoms with E-state index >= 15 is 0 Å². The molecule has 3 rings (SSSR count). The summed E-state index contributed by atoms with van der Waals surface area (Å²) in [6, 6.07) is 6.96. The van der Waals surface area contributed by atoms with Gasteiger partial charge in [-0.15, -0.1) is 0 Å². The zero-order chi connectivity index (χ0) is 14.8. The molecule has 1 fully saturated rings. The predicted molar refractivity (Wildman–Crippen MR) is 81.4 cm³/mol. The van der Waals surface area contributed by atoms with Crippen molar-refractivity contribution in [1.82, 2.24) is 9.88 Å². The van der Waals surface area contributed by atoms with Crippen molar-refractivity contribution >= 4 is 10.9 Å². The quantitative estimate of drug-likeness (QED) is 0.942. The number of piperidine rings is 1. The van der Waals surface area contributed by atoms with Crippen LogP contribution in [0.25, 0.3) is 10.9 Å². The van der Waals surface area contributed by atoms with Gasteiger partial charge in [-0.3, -0.25) is 9.88 Å². The van der Waals surface area contributed by atoms with E-state index in [0.717, 1.165) is 42.3 Å². The number of rotatable bonds is 3. The molecule has 3 nitrogen and oxygen atoms in total. The van der Waals surface area contributed by atoms with Crippen LogP contribution >= 0.6 is 0 Å². The van der Waals surface area contributed by atoms with Crippen molar-refractivity contribution in [3.05, 3.63) is 41.8 Å². The molecule has 2 atom stereocenters. The minimum Gasteiger partial charge on any atom is -0.392 e. The maximum Gasteiger partial charge on any atom is 0.124 e. The lowest BCUT2D eigenvalue weighted by Gasteiger charge is -2.37. The van der Waals surface area contributed by atoms with Gasteiger partial charge in [-0.25, -0.2) is 4.39 Å². The Balaban J connectivity index is 1.93. The zero-order valence-corrected chi connectivity index (χ0v) is 12.3. The largest absolute Gasteiger partial charge is 0.392 e. The van der Waals surface area contributed by atoms with Gasteiger partial charge >= 0.3 is 0 Å². The second kappa shape index (κ2) is 6.08. The van der Waals surface area contributed by atoms with Crippen molar-refractivity contribution in [3.8, 4) is 0 Å². The Bertz CT molecular complexity index is 629. The maximum absolute atomic E-state index is 13.8. The number of hydrogen-bond acceptors (Lipinski definition) is 3. The molecule has 0 amide bonds. The molecule has 0 spiro atoms. The summed E-state index contributed by atoms with van der Waals surface area (Å²) in [5.74, 6) is -0.226. The fraction of sp³-hybridized carbons (Fsp3) is 0.471. The van der Waals surface area contributed by atoms with E-state index in [-0.39, 0.29) is 18.0 Å². The Kier molecular flexibility index (Phi) is 4.17. The van der Waals surface area contributed by atoms with E-state index in [1.54, 1.807) is 12.3 Å². The van der Waals surface area contributed by atoms with E-state index in [9.17, 15) is 9.50 Å². The number of aliphatic hydroxyl groups is 1. The van der Waals surface area contributed by atoms with Crippen LogP contribution in [0.4, 0.5) is 4.39 Å². The van der Waals surface area contributed by atoms with Crippen LogP contribution < -0.4 is 0 Å². The summed E-state index contributed by atoms with van der Waals surface area (Å²) in [5, 5.41) is 10.8. The average molecular weight is 288 g/mol. The lowest BCUT2D eigenvalue weighted by molar-refractivity contribution is 0.0318. The number of fused-ring (bicyclic) bond motifs is 1. The first-order valence-electron chi connectivity index (χ1n) is 7.60. The van der Waals surface area contributed by atoms with Crippen molar-refractivity contribution in [1.29, 1.82) is 0 Å². The molecular weight excluding hydrogens is 267 g/mol. The molecule has 0 bridgehead atoms. The van der Waals surface area contributed by atoms with Crippen molar-refractivity contribution in [2.75, 3.05) is 6.54 Å². The molecule has 0 unspecified atom stereocenters. The van der Waals surface area contributed by atoms with Crippen LogP contribution in [0, 0.1) is 5.82 Å². The molecule has 1 aromatic carbocycles. The summed E-state index contributed by atoms with van der Waals surface area (Å²) in [4.78, 5) is 6.66.